The Hall–Kier alpha value is -5.46. The van der Waals surface area contributed by atoms with Crippen molar-refractivity contribution in [3.8, 4) is 22.3 Å². The molecule has 0 amide bonds. The molecule has 0 aliphatic heterocycles. The van der Waals surface area contributed by atoms with Gasteiger partial charge in [-0.2, -0.15) is 0 Å². The lowest BCUT2D eigenvalue weighted by Crippen LogP contribution is -2.28. The topological polar surface area (TPSA) is 0 Å². The van der Waals surface area contributed by atoms with Gasteiger partial charge in [0, 0.05) is 0 Å². The Morgan fingerprint density at radius 1 is 0.279 bits per heavy atom. The summed E-state index contributed by atoms with van der Waals surface area (Å²) in [5, 5.41) is 7.57. The smallest absolute Gasteiger partial charge is 0.0619 e. The van der Waals surface area contributed by atoms with Crippen molar-refractivity contribution >= 4 is 32.3 Å². The largest absolute Gasteiger partial charge is 0.0714 e. The Morgan fingerprint density at radius 2 is 0.721 bits per heavy atom. The number of hydrogen-bond acceptors (Lipinski definition) is 0. The van der Waals surface area contributed by atoms with E-state index in [1.54, 1.807) is 0 Å². The molecule has 0 nitrogen and oxygen atoms in total. The van der Waals surface area contributed by atoms with Gasteiger partial charge in [0.1, 0.15) is 0 Å². The number of fused-ring (bicyclic) bond motifs is 6. The van der Waals surface area contributed by atoms with Gasteiger partial charge in [0.2, 0.25) is 0 Å². The van der Waals surface area contributed by atoms with Crippen LogP contribution in [0.4, 0.5) is 0 Å². The summed E-state index contributed by atoms with van der Waals surface area (Å²) in [6.45, 7) is 0. The van der Waals surface area contributed by atoms with Crippen LogP contribution >= 0.6 is 0 Å². The summed E-state index contributed by atoms with van der Waals surface area (Å²) in [5.41, 5.74) is 9.90. The first-order chi connectivity index (χ1) is 21.3. The second kappa shape index (κ2) is 9.28. The molecule has 43 heavy (non-hydrogen) atoms. The van der Waals surface area contributed by atoms with Crippen LogP contribution in [0.2, 0.25) is 0 Å². The highest BCUT2D eigenvalue weighted by Gasteiger charge is 2.46. The number of benzene rings is 8. The predicted molar refractivity (Wildman–Crippen MR) is 182 cm³/mol. The van der Waals surface area contributed by atoms with Gasteiger partial charge in [0.05, 0.1) is 5.41 Å². The van der Waals surface area contributed by atoms with Crippen LogP contribution in [-0.4, -0.2) is 0 Å². The summed E-state index contributed by atoms with van der Waals surface area (Å²) < 4.78 is 0. The summed E-state index contributed by atoms with van der Waals surface area (Å²) in [4.78, 5) is 0. The summed E-state index contributed by atoms with van der Waals surface area (Å²) in [7, 11) is 0. The van der Waals surface area contributed by atoms with E-state index < -0.39 is 5.41 Å². The zero-order valence-corrected chi connectivity index (χ0v) is 23.7. The average molecular weight is 545 g/mol. The third-order valence-corrected chi connectivity index (χ3v) is 9.49. The van der Waals surface area contributed by atoms with E-state index in [1.165, 1.54) is 76.8 Å². The highest BCUT2D eigenvalue weighted by Crippen LogP contribution is 2.57. The monoisotopic (exact) mass is 544 g/mol. The Kier molecular flexibility index (Phi) is 5.21. The van der Waals surface area contributed by atoms with E-state index >= 15 is 0 Å². The second-order valence-electron chi connectivity index (χ2n) is 11.7. The standard InChI is InChI=1S/C43H28/c1-4-12-32-25-35(18-17-29(32)9-1)36-21-24-40-39-15-7-8-16-41(39)43(42(40)28-36,37-22-19-30-10-2-5-13-33(30)26-37)38-23-20-31-11-3-6-14-34(31)27-38/h1-28H. The molecular weight excluding hydrogens is 516 g/mol. The molecule has 1 aliphatic rings. The van der Waals surface area contributed by atoms with Crippen LogP contribution < -0.4 is 0 Å². The van der Waals surface area contributed by atoms with Crippen LogP contribution in [0.3, 0.4) is 0 Å². The molecule has 0 unspecified atom stereocenters. The third kappa shape index (κ3) is 3.57. The maximum absolute atomic E-state index is 2.46. The first kappa shape index (κ1) is 24.2. The van der Waals surface area contributed by atoms with Crippen molar-refractivity contribution in [3.05, 3.63) is 192 Å². The Balaban J connectivity index is 1.39. The fraction of sp³-hybridized carbons (Fsp3) is 0.0233. The maximum atomic E-state index is 2.46. The maximum Gasteiger partial charge on any atom is 0.0714 e. The minimum atomic E-state index is -0.465. The second-order valence-corrected chi connectivity index (χ2v) is 11.7. The minimum Gasteiger partial charge on any atom is -0.0619 e. The number of hydrogen-bond donors (Lipinski definition) is 0. The van der Waals surface area contributed by atoms with Gasteiger partial charge in [0.25, 0.3) is 0 Å². The Labute approximate surface area is 251 Å². The van der Waals surface area contributed by atoms with Crippen LogP contribution in [0, 0.1) is 0 Å². The lowest BCUT2D eigenvalue weighted by Gasteiger charge is -2.34. The molecule has 8 aromatic carbocycles. The molecule has 1 aliphatic carbocycles. The van der Waals surface area contributed by atoms with E-state index in [9.17, 15) is 0 Å². The zero-order chi connectivity index (χ0) is 28.4. The molecule has 200 valence electrons. The molecule has 9 rings (SSSR count). The molecular formula is C43H28. The third-order valence-electron chi connectivity index (χ3n) is 9.49. The highest BCUT2D eigenvalue weighted by atomic mass is 14.5. The lowest BCUT2D eigenvalue weighted by atomic mass is 9.67. The molecule has 0 N–H and O–H groups in total. The van der Waals surface area contributed by atoms with E-state index in [0.29, 0.717) is 0 Å². The molecule has 0 fully saturated rings. The van der Waals surface area contributed by atoms with Gasteiger partial charge in [-0.15, -0.1) is 0 Å². The van der Waals surface area contributed by atoms with Gasteiger partial charge in [-0.1, -0.05) is 146 Å². The normalized spacial score (nSPS) is 13.3. The molecule has 0 bridgehead atoms. The van der Waals surface area contributed by atoms with Gasteiger partial charge < -0.3 is 0 Å². The van der Waals surface area contributed by atoms with Crippen LogP contribution in [-0.2, 0) is 5.41 Å². The van der Waals surface area contributed by atoms with Crippen LogP contribution in [0.1, 0.15) is 22.3 Å². The van der Waals surface area contributed by atoms with E-state index in [4.69, 9.17) is 0 Å². The van der Waals surface area contributed by atoms with Gasteiger partial charge in [0.15, 0.2) is 0 Å². The Morgan fingerprint density at radius 3 is 1.35 bits per heavy atom. The molecule has 0 heterocycles. The van der Waals surface area contributed by atoms with Crippen molar-refractivity contribution in [2.45, 2.75) is 5.41 Å². The van der Waals surface area contributed by atoms with Crippen molar-refractivity contribution in [1.82, 2.24) is 0 Å². The molecule has 0 spiro atoms. The fourth-order valence-corrected chi connectivity index (χ4v) is 7.46. The summed E-state index contributed by atoms with van der Waals surface area (Å²) in [6, 6.07) is 63.1. The van der Waals surface area contributed by atoms with Crippen molar-refractivity contribution in [2.24, 2.45) is 0 Å². The summed E-state index contributed by atoms with van der Waals surface area (Å²) >= 11 is 0. The first-order valence-corrected chi connectivity index (χ1v) is 15.0. The minimum absolute atomic E-state index is 0.465. The van der Waals surface area contributed by atoms with Crippen LogP contribution in [0.5, 0.6) is 0 Å². The molecule has 0 radical (unpaired) electrons. The Bertz CT molecular complexity index is 2280. The van der Waals surface area contributed by atoms with Crippen molar-refractivity contribution < 1.29 is 0 Å². The molecule has 8 aromatic rings. The average Bonchev–Trinajstić information content (AvgIpc) is 3.38. The number of rotatable bonds is 3. The van der Waals surface area contributed by atoms with Gasteiger partial charge in [-0.25, -0.2) is 0 Å². The van der Waals surface area contributed by atoms with E-state index in [2.05, 4.69) is 170 Å². The molecule has 0 aromatic heterocycles. The molecule has 0 saturated carbocycles. The van der Waals surface area contributed by atoms with Gasteiger partial charge >= 0.3 is 0 Å². The van der Waals surface area contributed by atoms with Crippen molar-refractivity contribution in [3.63, 3.8) is 0 Å². The fourth-order valence-electron chi connectivity index (χ4n) is 7.46. The lowest BCUT2D eigenvalue weighted by molar-refractivity contribution is 0.771. The van der Waals surface area contributed by atoms with E-state index in [1.807, 2.05) is 0 Å². The summed E-state index contributed by atoms with van der Waals surface area (Å²) in [6.07, 6.45) is 0. The van der Waals surface area contributed by atoms with E-state index in [0.717, 1.165) is 0 Å². The molecule has 0 atom stereocenters. The zero-order valence-electron chi connectivity index (χ0n) is 23.7. The van der Waals surface area contributed by atoms with Crippen LogP contribution in [0.25, 0.3) is 54.6 Å². The predicted octanol–water partition coefficient (Wildman–Crippen LogP) is 11.2. The first-order valence-electron chi connectivity index (χ1n) is 15.0. The van der Waals surface area contributed by atoms with Crippen LogP contribution in [0.15, 0.2) is 170 Å². The van der Waals surface area contributed by atoms with Gasteiger partial charge in [-0.3, -0.25) is 0 Å². The highest BCUT2D eigenvalue weighted by molar-refractivity contribution is 5.93. The SMILES string of the molecule is c1ccc2c(c1)-c1ccc(-c3ccc4ccccc4c3)cc1C2(c1ccc2ccccc2c1)c1ccc2ccccc2c1. The molecule has 0 saturated heterocycles. The molecule has 0 heteroatoms. The quantitative estimate of drug-likeness (QED) is 0.207. The van der Waals surface area contributed by atoms with Crippen molar-refractivity contribution in [2.75, 3.05) is 0 Å². The van der Waals surface area contributed by atoms with Crippen molar-refractivity contribution in [1.29, 1.82) is 0 Å². The van der Waals surface area contributed by atoms with E-state index in [-0.39, 0.29) is 0 Å². The van der Waals surface area contributed by atoms with Gasteiger partial charge in [-0.05, 0) is 101 Å². The summed E-state index contributed by atoms with van der Waals surface area (Å²) in [5.74, 6) is 0.